The van der Waals surface area contributed by atoms with E-state index in [1.807, 2.05) is 26.8 Å². The Bertz CT molecular complexity index is 380. The third-order valence-electron chi connectivity index (χ3n) is 2.98. The molecule has 0 aliphatic heterocycles. The highest BCUT2D eigenvalue weighted by Crippen LogP contribution is 2.27. The molecule has 0 fully saturated rings. The maximum absolute atomic E-state index is 11.9. The molecule has 0 saturated carbocycles. The second-order valence-electron chi connectivity index (χ2n) is 4.18. The van der Waals surface area contributed by atoms with Gasteiger partial charge in [-0.15, -0.1) is 11.3 Å². The van der Waals surface area contributed by atoms with E-state index in [0.717, 1.165) is 9.35 Å². The monoisotopic (exact) mass is 319 g/mol. The topological polar surface area (TPSA) is 49.3 Å². The molecule has 0 spiro atoms. The summed E-state index contributed by atoms with van der Waals surface area (Å²) in [4.78, 5) is 12.5. The predicted molar refractivity (Wildman–Crippen MR) is 74.6 cm³/mol. The molecule has 0 saturated heterocycles. The van der Waals surface area contributed by atoms with Crippen molar-refractivity contribution >= 4 is 33.2 Å². The molecule has 0 radical (unpaired) electrons. The van der Waals surface area contributed by atoms with Crippen molar-refractivity contribution in [2.45, 2.75) is 39.2 Å². The lowest BCUT2D eigenvalue weighted by molar-refractivity contribution is 0.0314. The van der Waals surface area contributed by atoms with Gasteiger partial charge in [0.1, 0.15) is 0 Å². The van der Waals surface area contributed by atoms with Crippen LogP contribution in [0.25, 0.3) is 0 Å². The largest absolute Gasteiger partial charge is 0.388 e. The Labute approximate surface area is 114 Å². The minimum atomic E-state index is -0.792. The number of nitrogens with one attached hydrogen (secondary N) is 1. The quantitative estimate of drug-likeness (QED) is 0.876. The van der Waals surface area contributed by atoms with Crippen molar-refractivity contribution in [2.24, 2.45) is 0 Å². The highest BCUT2D eigenvalue weighted by molar-refractivity contribution is 9.11. The summed E-state index contributed by atoms with van der Waals surface area (Å²) >= 11 is 4.80. The van der Waals surface area contributed by atoms with Crippen molar-refractivity contribution in [2.75, 3.05) is 6.54 Å². The molecule has 17 heavy (non-hydrogen) atoms. The summed E-state index contributed by atoms with van der Waals surface area (Å²) in [5, 5.41) is 12.8. The van der Waals surface area contributed by atoms with Crippen LogP contribution in [0.15, 0.2) is 9.85 Å². The van der Waals surface area contributed by atoms with Gasteiger partial charge in [0.05, 0.1) is 14.3 Å². The van der Waals surface area contributed by atoms with Crippen LogP contribution < -0.4 is 5.32 Å². The minimum absolute atomic E-state index is 0.121. The molecule has 0 bridgehead atoms. The Morgan fingerprint density at radius 1 is 1.53 bits per heavy atom. The lowest BCUT2D eigenvalue weighted by Gasteiger charge is -2.25. The van der Waals surface area contributed by atoms with Crippen LogP contribution in [0.3, 0.4) is 0 Å². The number of aliphatic hydroxyl groups is 1. The molecule has 1 aromatic heterocycles. The molecule has 1 amide bonds. The zero-order valence-electron chi connectivity index (χ0n) is 10.3. The zero-order chi connectivity index (χ0) is 13.1. The standard InChI is InChI=1S/C12H18BrNO2S/c1-4-12(16,5-2)7-14-11(15)9-6-8(3)10(13)17-9/h6,16H,4-5,7H2,1-3H3,(H,14,15). The van der Waals surface area contributed by atoms with Gasteiger partial charge >= 0.3 is 0 Å². The minimum Gasteiger partial charge on any atom is -0.388 e. The predicted octanol–water partition coefficient (Wildman–Crippen LogP) is 3.10. The SMILES string of the molecule is CCC(O)(CC)CNC(=O)c1cc(C)c(Br)s1. The van der Waals surface area contributed by atoms with Crippen LogP contribution in [0, 0.1) is 6.92 Å². The molecule has 1 aromatic rings. The number of amides is 1. The van der Waals surface area contributed by atoms with Crippen molar-refractivity contribution in [3.63, 3.8) is 0 Å². The Balaban J connectivity index is 2.61. The van der Waals surface area contributed by atoms with Gasteiger partial charge in [0.15, 0.2) is 0 Å². The van der Waals surface area contributed by atoms with E-state index in [-0.39, 0.29) is 5.91 Å². The third-order valence-corrected chi connectivity index (χ3v) is 5.11. The lowest BCUT2D eigenvalue weighted by Crippen LogP contribution is -2.41. The number of carbonyl (C=O) groups excluding carboxylic acids is 1. The van der Waals surface area contributed by atoms with Gasteiger partial charge in [0.2, 0.25) is 0 Å². The van der Waals surface area contributed by atoms with E-state index in [1.165, 1.54) is 11.3 Å². The molecule has 3 nitrogen and oxygen atoms in total. The van der Waals surface area contributed by atoms with E-state index in [1.54, 1.807) is 0 Å². The number of carbonyl (C=O) groups is 1. The van der Waals surface area contributed by atoms with Crippen molar-refractivity contribution in [3.05, 3.63) is 20.3 Å². The average Bonchev–Trinajstić information content (AvgIpc) is 2.66. The molecule has 1 rings (SSSR count). The van der Waals surface area contributed by atoms with Gasteiger partial charge < -0.3 is 10.4 Å². The van der Waals surface area contributed by atoms with Gasteiger partial charge in [-0.25, -0.2) is 0 Å². The number of hydrogen-bond donors (Lipinski definition) is 2. The van der Waals surface area contributed by atoms with Gasteiger partial charge in [-0.05, 0) is 47.3 Å². The normalized spacial score (nSPS) is 11.6. The summed E-state index contributed by atoms with van der Waals surface area (Å²) < 4.78 is 0.976. The van der Waals surface area contributed by atoms with Crippen LogP contribution >= 0.6 is 27.3 Å². The molecule has 0 aliphatic carbocycles. The first-order valence-electron chi connectivity index (χ1n) is 5.68. The molecule has 0 atom stereocenters. The fraction of sp³-hybridized carbons (Fsp3) is 0.583. The molecular weight excluding hydrogens is 302 g/mol. The number of hydrogen-bond acceptors (Lipinski definition) is 3. The molecule has 0 aromatic carbocycles. The van der Waals surface area contributed by atoms with E-state index in [4.69, 9.17) is 0 Å². The van der Waals surface area contributed by atoms with Crippen LogP contribution in [0.1, 0.15) is 41.9 Å². The summed E-state index contributed by atoms with van der Waals surface area (Å²) in [6, 6.07) is 1.85. The Morgan fingerprint density at radius 3 is 2.53 bits per heavy atom. The van der Waals surface area contributed by atoms with E-state index in [2.05, 4.69) is 21.2 Å². The van der Waals surface area contributed by atoms with Crippen LogP contribution in [0.4, 0.5) is 0 Å². The Hall–Kier alpha value is -0.390. The molecule has 0 aliphatic rings. The van der Waals surface area contributed by atoms with Crippen LogP contribution in [0.2, 0.25) is 0 Å². The van der Waals surface area contributed by atoms with E-state index in [0.29, 0.717) is 24.3 Å². The van der Waals surface area contributed by atoms with Crippen molar-refractivity contribution in [1.29, 1.82) is 0 Å². The fourth-order valence-corrected chi connectivity index (χ4v) is 2.85. The number of halogens is 1. The molecule has 96 valence electrons. The second kappa shape index (κ2) is 5.98. The van der Waals surface area contributed by atoms with Crippen molar-refractivity contribution in [1.82, 2.24) is 5.32 Å². The number of thiophene rings is 1. The van der Waals surface area contributed by atoms with Gasteiger partial charge in [0, 0.05) is 6.54 Å². The number of rotatable bonds is 5. The summed E-state index contributed by atoms with van der Waals surface area (Å²) in [6.45, 7) is 6.09. The van der Waals surface area contributed by atoms with Crippen molar-refractivity contribution < 1.29 is 9.90 Å². The summed E-state index contributed by atoms with van der Waals surface area (Å²) in [6.07, 6.45) is 1.27. The molecule has 0 unspecified atom stereocenters. The van der Waals surface area contributed by atoms with Gasteiger partial charge in [-0.1, -0.05) is 13.8 Å². The summed E-state index contributed by atoms with van der Waals surface area (Å²) in [5.41, 5.74) is 0.264. The Morgan fingerprint density at radius 2 is 2.12 bits per heavy atom. The van der Waals surface area contributed by atoms with E-state index in [9.17, 15) is 9.90 Å². The first-order valence-corrected chi connectivity index (χ1v) is 7.29. The Kier molecular flexibility index (Phi) is 5.16. The smallest absolute Gasteiger partial charge is 0.261 e. The maximum atomic E-state index is 11.9. The van der Waals surface area contributed by atoms with Gasteiger partial charge in [0.25, 0.3) is 5.91 Å². The van der Waals surface area contributed by atoms with E-state index >= 15 is 0 Å². The number of aryl methyl sites for hydroxylation is 1. The highest BCUT2D eigenvalue weighted by atomic mass is 79.9. The van der Waals surface area contributed by atoms with E-state index < -0.39 is 5.60 Å². The molecule has 5 heteroatoms. The third kappa shape index (κ3) is 3.79. The van der Waals surface area contributed by atoms with Gasteiger partial charge in [-0.3, -0.25) is 4.79 Å². The average molecular weight is 320 g/mol. The first-order chi connectivity index (χ1) is 7.91. The fourth-order valence-electron chi connectivity index (χ4n) is 1.40. The lowest BCUT2D eigenvalue weighted by atomic mass is 9.98. The molecule has 1 heterocycles. The van der Waals surface area contributed by atoms with Crippen LogP contribution in [-0.2, 0) is 0 Å². The summed E-state index contributed by atoms with van der Waals surface area (Å²) in [5.74, 6) is -0.121. The molecule has 2 N–H and O–H groups in total. The zero-order valence-corrected chi connectivity index (χ0v) is 12.7. The highest BCUT2D eigenvalue weighted by Gasteiger charge is 2.23. The van der Waals surface area contributed by atoms with Crippen molar-refractivity contribution in [3.8, 4) is 0 Å². The molecular formula is C12H18BrNO2S. The van der Waals surface area contributed by atoms with Crippen LogP contribution in [-0.4, -0.2) is 23.2 Å². The maximum Gasteiger partial charge on any atom is 0.261 e. The first kappa shape index (κ1) is 14.7. The van der Waals surface area contributed by atoms with Gasteiger partial charge in [-0.2, -0.15) is 0 Å². The second-order valence-corrected chi connectivity index (χ2v) is 6.55. The summed E-state index contributed by atoms with van der Waals surface area (Å²) in [7, 11) is 0. The van der Waals surface area contributed by atoms with Crippen LogP contribution in [0.5, 0.6) is 0 Å².